The van der Waals surface area contributed by atoms with Gasteiger partial charge in [0.15, 0.2) is 0 Å². The predicted molar refractivity (Wildman–Crippen MR) is 123 cm³/mol. The van der Waals surface area contributed by atoms with Gasteiger partial charge in [-0.25, -0.2) is 9.18 Å². The molecule has 0 radical (unpaired) electrons. The molecule has 3 aromatic carbocycles. The molecule has 0 aromatic heterocycles. The lowest BCUT2D eigenvalue weighted by Gasteiger charge is -2.09. The Labute approximate surface area is 186 Å². The van der Waals surface area contributed by atoms with Crippen LogP contribution in [0.4, 0.5) is 4.39 Å². The third-order valence-corrected chi connectivity index (χ3v) is 4.56. The van der Waals surface area contributed by atoms with Crippen LogP contribution in [-0.4, -0.2) is 11.9 Å². The van der Waals surface area contributed by atoms with E-state index in [-0.39, 0.29) is 18.2 Å². The lowest BCUT2D eigenvalue weighted by molar-refractivity contribution is -0.133. The molecule has 0 fully saturated rings. The lowest BCUT2D eigenvalue weighted by Crippen LogP contribution is -2.07. The van der Waals surface area contributed by atoms with Crippen molar-refractivity contribution in [3.05, 3.63) is 96.9 Å². The van der Waals surface area contributed by atoms with E-state index in [0.29, 0.717) is 33.8 Å². The summed E-state index contributed by atoms with van der Waals surface area (Å²) in [5, 5.41) is 0. The predicted octanol–water partition coefficient (Wildman–Crippen LogP) is 6.51. The summed E-state index contributed by atoms with van der Waals surface area (Å²) in [7, 11) is 0. The Morgan fingerprint density at radius 3 is 1.84 bits per heavy atom. The standard InChI is InChI=1S/C27H23FO4/c1-17(2)15-26(29)31-22-12-7-20(8-13-22)24-14-9-21(16-25(24)28)19-5-10-23(11-6-19)32-27(30)18(3)4/h5-14,16H,1,3,15H2,2,4H3. The van der Waals surface area contributed by atoms with Crippen molar-refractivity contribution < 1.29 is 23.5 Å². The van der Waals surface area contributed by atoms with Crippen LogP contribution in [0, 0.1) is 5.82 Å². The highest BCUT2D eigenvalue weighted by molar-refractivity contribution is 5.88. The zero-order chi connectivity index (χ0) is 23.3. The molecule has 3 aromatic rings. The summed E-state index contributed by atoms with van der Waals surface area (Å²) < 4.78 is 25.3. The van der Waals surface area contributed by atoms with Crippen LogP contribution in [0.2, 0.25) is 0 Å². The average molecular weight is 430 g/mol. The highest BCUT2D eigenvalue weighted by Crippen LogP contribution is 2.30. The van der Waals surface area contributed by atoms with Crippen molar-refractivity contribution in [1.82, 2.24) is 0 Å². The number of benzene rings is 3. The number of carbonyl (C=O) groups excluding carboxylic acids is 2. The van der Waals surface area contributed by atoms with Crippen LogP contribution < -0.4 is 9.47 Å². The van der Waals surface area contributed by atoms with Crippen LogP contribution in [0.5, 0.6) is 11.5 Å². The Balaban J connectivity index is 1.74. The van der Waals surface area contributed by atoms with Crippen LogP contribution >= 0.6 is 0 Å². The Morgan fingerprint density at radius 2 is 1.31 bits per heavy atom. The second kappa shape index (κ2) is 9.88. The fraction of sp³-hybridized carbons (Fsp3) is 0.111. The van der Waals surface area contributed by atoms with Crippen molar-refractivity contribution in [3.8, 4) is 33.8 Å². The molecule has 0 N–H and O–H groups in total. The van der Waals surface area contributed by atoms with E-state index < -0.39 is 5.97 Å². The molecule has 0 bridgehead atoms. The van der Waals surface area contributed by atoms with Gasteiger partial charge in [-0.3, -0.25) is 4.79 Å². The van der Waals surface area contributed by atoms with Gasteiger partial charge in [-0.05, 0) is 60.9 Å². The first kappa shape index (κ1) is 22.7. The number of rotatable bonds is 7. The third-order valence-electron chi connectivity index (χ3n) is 4.56. The number of hydrogen-bond acceptors (Lipinski definition) is 4. The minimum absolute atomic E-state index is 0.148. The van der Waals surface area contributed by atoms with Crippen LogP contribution in [0.15, 0.2) is 91.0 Å². The minimum atomic E-state index is -0.496. The molecule has 5 heteroatoms. The summed E-state index contributed by atoms with van der Waals surface area (Å²) in [6, 6.07) is 18.4. The van der Waals surface area contributed by atoms with E-state index >= 15 is 0 Å². The SMILES string of the molecule is C=C(C)CC(=O)Oc1ccc(-c2ccc(-c3ccc(OC(=O)C(=C)C)cc3)cc2F)cc1. The van der Waals surface area contributed by atoms with Crippen molar-refractivity contribution in [2.75, 3.05) is 0 Å². The van der Waals surface area contributed by atoms with Crippen molar-refractivity contribution in [2.24, 2.45) is 0 Å². The molecular weight excluding hydrogens is 407 g/mol. The Bertz CT molecular complexity index is 1180. The number of esters is 2. The van der Waals surface area contributed by atoms with E-state index in [4.69, 9.17) is 9.47 Å². The summed E-state index contributed by atoms with van der Waals surface area (Å²) in [6.45, 7) is 10.6. The zero-order valence-corrected chi connectivity index (χ0v) is 18.0. The number of halogens is 1. The highest BCUT2D eigenvalue weighted by atomic mass is 19.1. The van der Waals surface area contributed by atoms with Crippen LogP contribution in [0.1, 0.15) is 20.3 Å². The molecule has 0 aliphatic rings. The van der Waals surface area contributed by atoms with Crippen LogP contribution in [0.25, 0.3) is 22.3 Å². The Kier molecular flexibility index (Phi) is 7.00. The van der Waals surface area contributed by atoms with Crippen molar-refractivity contribution >= 4 is 11.9 Å². The normalized spacial score (nSPS) is 10.3. The summed E-state index contributed by atoms with van der Waals surface area (Å²) >= 11 is 0. The van der Waals surface area contributed by atoms with Gasteiger partial charge in [0.1, 0.15) is 17.3 Å². The van der Waals surface area contributed by atoms with E-state index in [1.54, 1.807) is 68.4 Å². The van der Waals surface area contributed by atoms with Gasteiger partial charge in [-0.1, -0.05) is 55.1 Å². The number of ether oxygens (including phenoxy) is 2. The molecule has 0 atom stereocenters. The molecule has 3 rings (SSSR count). The number of carbonyl (C=O) groups is 2. The zero-order valence-electron chi connectivity index (χ0n) is 18.0. The van der Waals surface area contributed by atoms with Gasteiger partial charge in [0.05, 0.1) is 6.42 Å². The maximum absolute atomic E-state index is 14.8. The van der Waals surface area contributed by atoms with E-state index in [9.17, 15) is 14.0 Å². The van der Waals surface area contributed by atoms with E-state index in [1.165, 1.54) is 6.07 Å². The molecule has 0 aliphatic carbocycles. The third kappa shape index (κ3) is 5.79. The average Bonchev–Trinajstić information content (AvgIpc) is 2.74. The molecule has 0 amide bonds. The maximum atomic E-state index is 14.8. The smallest absolute Gasteiger partial charge is 0.338 e. The first-order valence-electron chi connectivity index (χ1n) is 9.96. The molecule has 0 saturated carbocycles. The first-order chi connectivity index (χ1) is 15.2. The topological polar surface area (TPSA) is 52.6 Å². The Hall–Kier alpha value is -3.99. The second-order valence-corrected chi connectivity index (χ2v) is 7.52. The lowest BCUT2D eigenvalue weighted by atomic mass is 9.99. The second-order valence-electron chi connectivity index (χ2n) is 7.52. The summed E-state index contributed by atoms with van der Waals surface area (Å²) in [6.07, 6.45) is 0.148. The summed E-state index contributed by atoms with van der Waals surface area (Å²) in [4.78, 5) is 23.3. The molecule has 0 unspecified atom stereocenters. The van der Waals surface area contributed by atoms with Gasteiger partial charge in [-0.2, -0.15) is 0 Å². The molecule has 4 nitrogen and oxygen atoms in total. The fourth-order valence-electron chi connectivity index (χ4n) is 2.95. The van der Waals surface area contributed by atoms with Crippen LogP contribution in [0.3, 0.4) is 0 Å². The van der Waals surface area contributed by atoms with Gasteiger partial charge in [0, 0.05) is 11.1 Å². The molecule has 162 valence electrons. The van der Waals surface area contributed by atoms with Crippen molar-refractivity contribution in [1.29, 1.82) is 0 Å². The minimum Gasteiger partial charge on any atom is -0.426 e. The number of hydrogen-bond donors (Lipinski definition) is 0. The molecular formula is C27H23FO4. The van der Waals surface area contributed by atoms with Gasteiger partial charge in [0.25, 0.3) is 0 Å². The largest absolute Gasteiger partial charge is 0.426 e. The van der Waals surface area contributed by atoms with E-state index in [0.717, 1.165) is 11.1 Å². The first-order valence-corrected chi connectivity index (χ1v) is 9.96. The molecule has 32 heavy (non-hydrogen) atoms. The molecule has 0 spiro atoms. The molecule has 0 heterocycles. The van der Waals surface area contributed by atoms with Crippen molar-refractivity contribution in [3.63, 3.8) is 0 Å². The van der Waals surface area contributed by atoms with Gasteiger partial charge >= 0.3 is 11.9 Å². The quantitative estimate of drug-likeness (QED) is 0.185. The summed E-state index contributed by atoms with van der Waals surface area (Å²) in [5.74, 6) is -0.481. The van der Waals surface area contributed by atoms with E-state index in [2.05, 4.69) is 13.2 Å². The molecule has 0 aliphatic heterocycles. The highest BCUT2D eigenvalue weighted by Gasteiger charge is 2.10. The summed E-state index contributed by atoms with van der Waals surface area (Å²) in [5.41, 5.74) is 3.59. The van der Waals surface area contributed by atoms with Crippen molar-refractivity contribution in [2.45, 2.75) is 20.3 Å². The maximum Gasteiger partial charge on any atom is 0.338 e. The van der Waals surface area contributed by atoms with Gasteiger partial charge in [-0.15, -0.1) is 0 Å². The van der Waals surface area contributed by atoms with Gasteiger partial charge < -0.3 is 9.47 Å². The fourth-order valence-corrected chi connectivity index (χ4v) is 2.95. The van der Waals surface area contributed by atoms with Crippen LogP contribution in [-0.2, 0) is 9.59 Å². The van der Waals surface area contributed by atoms with E-state index in [1.807, 2.05) is 6.07 Å². The molecule has 0 saturated heterocycles. The monoisotopic (exact) mass is 430 g/mol. The van der Waals surface area contributed by atoms with Gasteiger partial charge in [0.2, 0.25) is 0 Å². The Morgan fingerprint density at radius 1 is 0.781 bits per heavy atom.